The highest BCUT2D eigenvalue weighted by molar-refractivity contribution is 6.05. The Morgan fingerprint density at radius 2 is 1.84 bits per heavy atom. The molecule has 0 fully saturated rings. The molecule has 3 aromatic rings. The molecule has 2 aromatic carbocycles. The Morgan fingerprint density at radius 1 is 1.12 bits per heavy atom. The Labute approximate surface area is 144 Å². The number of nitrogens with zero attached hydrogens (tertiary/aromatic N) is 1. The first-order chi connectivity index (χ1) is 12.0. The first kappa shape index (κ1) is 16.9. The number of rotatable bonds is 4. The van der Waals surface area contributed by atoms with Crippen LogP contribution in [0.5, 0.6) is 0 Å². The summed E-state index contributed by atoms with van der Waals surface area (Å²) in [7, 11) is 0. The Hall–Kier alpha value is -2.95. The van der Waals surface area contributed by atoms with Gasteiger partial charge in [0, 0.05) is 12.2 Å². The Morgan fingerprint density at radius 3 is 2.52 bits per heavy atom. The standard InChI is InChI=1S/C20H19FN2O2/c1-3-10-23-18(19(24)22-16-8-4-13(2)5-9-16)11-14-6-7-15(21)12-17(14)20(23)25/h4-9,11-12H,3,10H2,1-2H3,(H,22,24). The predicted octanol–water partition coefficient (Wildman–Crippen LogP) is 4.11. The maximum Gasteiger partial charge on any atom is 0.272 e. The fraction of sp³-hybridized carbons (Fsp3) is 0.200. The van der Waals surface area contributed by atoms with Crippen LogP contribution in [0.25, 0.3) is 10.8 Å². The van der Waals surface area contributed by atoms with Gasteiger partial charge in [0.25, 0.3) is 11.5 Å². The second-order valence-electron chi connectivity index (χ2n) is 6.04. The lowest BCUT2D eigenvalue weighted by Crippen LogP contribution is -2.28. The monoisotopic (exact) mass is 338 g/mol. The molecule has 0 spiro atoms. The van der Waals surface area contributed by atoms with Crippen molar-refractivity contribution in [3.8, 4) is 0 Å². The summed E-state index contributed by atoms with van der Waals surface area (Å²) in [6, 6.07) is 13.1. The van der Waals surface area contributed by atoms with Crippen LogP contribution in [0.4, 0.5) is 10.1 Å². The first-order valence-corrected chi connectivity index (χ1v) is 8.20. The van der Waals surface area contributed by atoms with Crippen molar-refractivity contribution in [3.05, 3.63) is 76.0 Å². The highest BCUT2D eigenvalue weighted by atomic mass is 19.1. The number of fused-ring (bicyclic) bond motifs is 1. The summed E-state index contributed by atoms with van der Waals surface area (Å²) in [6.45, 7) is 4.28. The third-order valence-corrected chi connectivity index (χ3v) is 4.06. The number of nitrogens with one attached hydrogen (secondary N) is 1. The third-order valence-electron chi connectivity index (χ3n) is 4.06. The molecule has 0 aliphatic heterocycles. The molecule has 0 saturated heterocycles. The van der Waals surface area contributed by atoms with Crippen molar-refractivity contribution >= 4 is 22.4 Å². The molecule has 1 aromatic heterocycles. The number of aromatic nitrogens is 1. The summed E-state index contributed by atoms with van der Waals surface area (Å²) in [5, 5.41) is 3.64. The van der Waals surface area contributed by atoms with Crippen molar-refractivity contribution in [2.45, 2.75) is 26.8 Å². The number of hydrogen-bond donors (Lipinski definition) is 1. The molecule has 1 N–H and O–H groups in total. The number of halogens is 1. The van der Waals surface area contributed by atoms with Crippen LogP contribution in [-0.2, 0) is 6.54 Å². The summed E-state index contributed by atoms with van der Waals surface area (Å²) in [6.07, 6.45) is 0.686. The molecular weight excluding hydrogens is 319 g/mol. The van der Waals surface area contributed by atoms with Crippen molar-refractivity contribution in [2.24, 2.45) is 0 Å². The molecule has 0 unspecified atom stereocenters. The molecule has 0 saturated carbocycles. The number of benzene rings is 2. The minimum atomic E-state index is -0.468. The molecule has 4 nitrogen and oxygen atoms in total. The Bertz CT molecular complexity index is 991. The average Bonchev–Trinajstić information content (AvgIpc) is 2.59. The Kier molecular flexibility index (Phi) is 4.65. The van der Waals surface area contributed by atoms with E-state index in [9.17, 15) is 14.0 Å². The maximum atomic E-state index is 13.5. The SMILES string of the molecule is CCCn1c(C(=O)Nc2ccc(C)cc2)cc2ccc(F)cc2c1=O. The highest BCUT2D eigenvalue weighted by Gasteiger charge is 2.16. The van der Waals surface area contributed by atoms with E-state index in [-0.39, 0.29) is 22.5 Å². The molecule has 25 heavy (non-hydrogen) atoms. The summed E-state index contributed by atoms with van der Waals surface area (Å²) in [5.41, 5.74) is 1.67. The van der Waals surface area contributed by atoms with E-state index in [1.54, 1.807) is 6.07 Å². The molecule has 0 aliphatic rings. The van der Waals surface area contributed by atoms with Gasteiger partial charge in [0.05, 0.1) is 5.39 Å². The van der Waals surface area contributed by atoms with E-state index in [0.717, 1.165) is 5.56 Å². The van der Waals surface area contributed by atoms with Gasteiger partial charge in [-0.25, -0.2) is 4.39 Å². The summed E-state index contributed by atoms with van der Waals surface area (Å²) >= 11 is 0. The van der Waals surface area contributed by atoms with Crippen LogP contribution in [0.3, 0.4) is 0 Å². The van der Waals surface area contributed by atoms with Crippen LogP contribution in [0.15, 0.2) is 53.3 Å². The van der Waals surface area contributed by atoms with E-state index in [4.69, 9.17) is 0 Å². The molecule has 0 aliphatic carbocycles. The number of amides is 1. The van der Waals surface area contributed by atoms with Gasteiger partial charge in [-0.2, -0.15) is 0 Å². The van der Waals surface area contributed by atoms with Crippen molar-refractivity contribution in [3.63, 3.8) is 0 Å². The lowest BCUT2D eigenvalue weighted by molar-refractivity contribution is 0.101. The van der Waals surface area contributed by atoms with Gasteiger partial charge >= 0.3 is 0 Å². The van der Waals surface area contributed by atoms with Crippen LogP contribution in [0, 0.1) is 12.7 Å². The number of pyridine rings is 1. The zero-order valence-electron chi connectivity index (χ0n) is 14.2. The first-order valence-electron chi connectivity index (χ1n) is 8.20. The quantitative estimate of drug-likeness (QED) is 0.778. The minimum Gasteiger partial charge on any atom is -0.321 e. The summed E-state index contributed by atoms with van der Waals surface area (Å²) in [4.78, 5) is 25.4. The fourth-order valence-corrected chi connectivity index (χ4v) is 2.79. The number of carbonyl (C=O) groups is 1. The second kappa shape index (κ2) is 6.89. The smallest absolute Gasteiger partial charge is 0.272 e. The van der Waals surface area contributed by atoms with E-state index < -0.39 is 5.82 Å². The summed E-state index contributed by atoms with van der Waals surface area (Å²) in [5.74, 6) is -0.829. The number of carbonyl (C=O) groups excluding carboxylic acids is 1. The molecular formula is C20H19FN2O2. The summed E-state index contributed by atoms with van der Waals surface area (Å²) < 4.78 is 14.9. The van der Waals surface area contributed by atoms with Gasteiger partial charge in [0.1, 0.15) is 11.5 Å². The number of hydrogen-bond acceptors (Lipinski definition) is 2. The molecule has 1 heterocycles. The topological polar surface area (TPSA) is 51.1 Å². The molecule has 0 bridgehead atoms. The van der Waals surface area contributed by atoms with Gasteiger partial charge in [-0.3, -0.25) is 9.59 Å². The zero-order chi connectivity index (χ0) is 18.0. The minimum absolute atomic E-state index is 0.270. The second-order valence-corrected chi connectivity index (χ2v) is 6.04. The normalized spacial score (nSPS) is 10.8. The van der Waals surface area contributed by atoms with Crippen molar-refractivity contribution in [1.29, 1.82) is 0 Å². The Balaban J connectivity index is 2.08. The van der Waals surface area contributed by atoms with Gasteiger partial charge in [0.15, 0.2) is 0 Å². The number of anilines is 1. The number of aryl methyl sites for hydroxylation is 1. The van der Waals surface area contributed by atoms with E-state index >= 15 is 0 Å². The largest absolute Gasteiger partial charge is 0.321 e. The lowest BCUT2D eigenvalue weighted by Gasteiger charge is -2.14. The zero-order valence-corrected chi connectivity index (χ0v) is 14.2. The van der Waals surface area contributed by atoms with Gasteiger partial charge in [-0.1, -0.05) is 30.7 Å². The van der Waals surface area contributed by atoms with Gasteiger partial charge in [0.2, 0.25) is 0 Å². The van der Waals surface area contributed by atoms with E-state index in [2.05, 4.69) is 5.32 Å². The van der Waals surface area contributed by atoms with Gasteiger partial charge in [-0.15, -0.1) is 0 Å². The van der Waals surface area contributed by atoms with E-state index in [1.807, 2.05) is 38.1 Å². The van der Waals surface area contributed by atoms with Crippen LogP contribution in [0.2, 0.25) is 0 Å². The van der Waals surface area contributed by atoms with Crippen LogP contribution >= 0.6 is 0 Å². The fourth-order valence-electron chi connectivity index (χ4n) is 2.79. The molecule has 1 amide bonds. The van der Waals surface area contributed by atoms with Crippen molar-refractivity contribution in [2.75, 3.05) is 5.32 Å². The predicted molar refractivity (Wildman–Crippen MR) is 97.6 cm³/mol. The van der Waals surface area contributed by atoms with Crippen molar-refractivity contribution in [1.82, 2.24) is 4.57 Å². The maximum absolute atomic E-state index is 13.5. The molecule has 3 rings (SSSR count). The average molecular weight is 338 g/mol. The van der Waals surface area contributed by atoms with E-state index in [1.165, 1.54) is 22.8 Å². The van der Waals surface area contributed by atoms with Crippen molar-refractivity contribution < 1.29 is 9.18 Å². The van der Waals surface area contributed by atoms with Gasteiger partial charge in [-0.05, 0) is 49.1 Å². The molecule has 0 atom stereocenters. The van der Waals surface area contributed by atoms with Crippen LogP contribution in [-0.4, -0.2) is 10.5 Å². The molecule has 128 valence electrons. The van der Waals surface area contributed by atoms with Gasteiger partial charge < -0.3 is 9.88 Å². The lowest BCUT2D eigenvalue weighted by atomic mass is 10.1. The molecule has 0 radical (unpaired) electrons. The third kappa shape index (κ3) is 3.45. The van der Waals surface area contributed by atoms with E-state index in [0.29, 0.717) is 24.0 Å². The van der Waals surface area contributed by atoms with Crippen LogP contribution < -0.4 is 10.9 Å². The molecule has 5 heteroatoms. The van der Waals surface area contributed by atoms with Crippen LogP contribution in [0.1, 0.15) is 29.4 Å². The highest BCUT2D eigenvalue weighted by Crippen LogP contribution is 2.16.